The number of ether oxygens (including phenoxy) is 2. The number of hydrogen-bond acceptors (Lipinski definition) is 7. The first-order valence-corrected chi connectivity index (χ1v) is 11.5. The molecular weight excluding hydrogens is 496 g/mol. The number of nitro benzene ring substituents is 1. The summed E-state index contributed by atoms with van der Waals surface area (Å²) in [7, 11) is 1.48. The van der Waals surface area contributed by atoms with Crippen LogP contribution in [0.4, 0.5) is 11.4 Å². The van der Waals surface area contributed by atoms with Crippen LogP contribution in [0.1, 0.15) is 11.1 Å². The second-order valence-corrected chi connectivity index (χ2v) is 9.19. The lowest BCUT2D eigenvalue weighted by Gasteiger charge is -2.14. The van der Waals surface area contributed by atoms with Crippen LogP contribution >= 0.6 is 35.6 Å². The number of para-hydroxylation sites is 1. The highest BCUT2D eigenvalue weighted by Gasteiger charge is 2.33. The standard InChI is InChI=1S/C24H17ClN2O5S2/c1-31-20-12-16(13-21-23(28)26(24(33)34-21)17-7-3-2-4-8-17)11-19(25)22(20)32-14-15-6-5-9-18(10-15)27(29)30/h2-13H,14H2,1H3/b21-13+. The predicted octanol–water partition coefficient (Wildman–Crippen LogP) is 6.24. The van der Waals surface area contributed by atoms with E-state index in [1.165, 1.54) is 35.9 Å². The minimum atomic E-state index is -0.466. The molecule has 0 N–H and O–H groups in total. The van der Waals surface area contributed by atoms with Crippen molar-refractivity contribution < 1.29 is 19.2 Å². The highest BCUT2D eigenvalue weighted by atomic mass is 35.5. The van der Waals surface area contributed by atoms with E-state index in [1.54, 1.807) is 30.3 Å². The first-order chi connectivity index (χ1) is 16.4. The van der Waals surface area contributed by atoms with Gasteiger partial charge in [-0.05, 0) is 41.5 Å². The number of hydrogen-bond donors (Lipinski definition) is 0. The summed E-state index contributed by atoms with van der Waals surface area (Å²) in [6.07, 6.45) is 1.70. The Balaban J connectivity index is 1.57. The Labute approximate surface area is 210 Å². The maximum absolute atomic E-state index is 13.0. The number of nitro groups is 1. The van der Waals surface area contributed by atoms with Gasteiger partial charge in [0.1, 0.15) is 6.61 Å². The van der Waals surface area contributed by atoms with Crippen molar-refractivity contribution in [2.75, 3.05) is 12.0 Å². The number of benzene rings is 3. The highest BCUT2D eigenvalue weighted by Crippen LogP contribution is 2.40. The van der Waals surface area contributed by atoms with E-state index in [2.05, 4.69) is 0 Å². The third-order valence-electron chi connectivity index (χ3n) is 4.86. The Hall–Kier alpha value is -3.40. The molecular formula is C24H17ClN2O5S2. The number of rotatable bonds is 7. The smallest absolute Gasteiger partial charge is 0.270 e. The fourth-order valence-electron chi connectivity index (χ4n) is 3.30. The van der Waals surface area contributed by atoms with Crippen LogP contribution < -0.4 is 14.4 Å². The molecule has 1 aliphatic heterocycles. The molecule has 0 spiro atoms. The third kappa shape index (κ3) is 5.06. The Bertz CT molecular complexity index is 1310. The van der Waals surface area contributed by atoms with Crippen molar-refractivity contribution in [2.24, 2.45) is 0 Å². The number of carbonyl (C=O) groups is 1. The maximum atomic E-state index is 13.0. The molecule has 0 bridgehead atoms. The summed E-state index contributed by atoms with van der Waals surface area (Å²) in [6, 6.07) is 18.7. The molecule has 0 atom stereocenters. The van der Waals surface area contributed by atoms with Crippen molar-refractivity contribution in [2.45, 2.75) is 6.61 Å². The molecule has 1 heterocycles. The Morgan fingerprint density at radius 2 is 1.91 bits per heavy atom. The molecule has 34 heavy (non-hydrogen) atoms. The molecule has 0 aromatic heterocycles. The first-order valence-electron chi connectivity index (χ1n) is 9.94. The van der Waals surface area contributed by atoms with Crippen LogP contribution in [0, 0.1) is 10.1 Å². The van der Waals surface area contributed by atoms with E-state index in [9.17, 15) is 14.9 Å². The normalized spacial score (nSPS) is 14.5. The molecule has 0 aliphatic carbocycles. The molecule has 1 fully saturated rings. The van der Waals surface area contributed by atoms with E-state index >= 15 is 0 Å². The van der Waals surface area contributed by atoms with Crippen LogP contribution in [0.5, 0.6) is 11.5 Å². The lowest BCUT2D eigenvalue weighted by atomic mass is 10.1. The fourth-order valence-corrected chi connectivity index (χ4v) is 4.87. The molecule has 0 radical (unpaired) electrons. The van der Waals surface area contributed by atoms with Crippen LogP contribution in [0.2, 0.25) is 5.02 Å². The van der Waals surface area contributed by atoms with E-state index in [0.717, 1.165) is 0 Å². The average Bonchev–Trinajstić information content (AvgIpc) is 3.11. The molecule has 3 aromatic rings. The molecule has 3 aromatic carbocycles. The van der Waals surface area contributed by atoms with Crippen LogP contribution in [-0.2, 0) is 11.4 Å². The van der Waals surface area contributed by atoms with Gasteiger partial charge in [-0.3, -0.25) is 19.8 Å². The molecule has 1 aliphatic rings. The van der Waals surface area contributed by atoms with Crippen molar-refractivity contribution in [3.05, 3.63) is 97.9 Å². The third-order valence-corrected chi connectivity index (χ3v) is 6.45. The zero-order valence-corrected chi connectivity index (χ0v) is 20.2. The van der Waals surface area contributed by atoms with Gasteiger partial charge < -0.3 is 9.47 Å². The topological polar surface area (TPSA) is 81.9 Å². The van der Waals surface area contributed by atoms with Gasteiger partial charge in [0.25, 0.3) is 11.6 Å². The summed E-state index contributed by atoms with van der Waals surface area (Å²) >= 11 is 13.1. The molecule has 0 saturated carbocycles. The van der Waals surface area contributed by atoms with Gasteiger partial charge in [0.05, 0.1) is 27.6 Å². The van der Waals surface area contributed by atoms with Gasteiger partial charge in [-0.1, -0.05) is 65.9 Å². The van der Waals surface area contributed by atoms with E-state index < -0.39 is 4.92 Å². The zero-order chi connectivity index (χ0) is 24.2. The zero-order valence-electron chi connectivity index (χ0n) is 17.8. The quantitative estimate of drug-likeness (QED) is 0.160. The number of nitrogens with zero attached hydrogens (tertiary/aromatic N) is 2. The van der Waals surface area contributed by atoms with E-state index in [4.69, 9.17) is 33.3 Å². The fraction of sp³-hybridized carbons (Fsp3) is 0.0833. The molecule has 1 amide bonds. The lowest BCUT2D eigenvalue weighted by Crippen LogP contribution is -2.27. The van der Waals surface area contributed by atoms with Crippen LogP contribution in [0.25, 0.3) is 6.08 Å². The maximum Gasteiger partial charge on any atom is 0.270 e. The van der Waals surface area contributed by atoms with Gasteiger partial charge >= 0.3 is 0 Å². The van der Waals surface area contributed by atoms with Gasteiger partial charge in [-0.25, -0.2) is 0 Å². The Morgan fingerprint density at radius 1 is 1.15 bits per heavy atom. The van der Waals surface area contributed by atoms with E-state index in [1.807, 2.05) is 30.3 Å². The summed E-state index contributed by atoms with van der Waals surface area (Å²) in [5.74, 6) is 0.440. The van der Waals surface area contributed by atoms with E-state index in [0.29, 0.717) is 37.5 Å². The summed E-state index contributed by atoms with van der Waals surface area (Å²) in [5, 5.41) is 11.3. The van der Waals surface area contributed by atoms with Crippen LogP contribution in [0.3, 0.4) is 0 Å². The number of non-ortho nitro benzene ring substituents is 1. The minimum absolute atomic E-state index is 0.0256. The number of anilines is 1. The monoisotopic (exact) mass is 512 g/mol. The Kier molecular flexibility index (Phi) is 7.16. The molecule has 172 valence electrons. The number of amides is 1. The van der Waals surface area contributed by atoms with Crippen molar-refractivity contribution in [1.29, 1.82) is 0 Å². The number of halogens is 1. The molecule has 4 rings (SSSR count). The first kappa shape index (κ1) is 23.7. The van der Waals surface area contributed by atoms with Gasteiger partial charge in [0, 0.05) is 12.1 Å². The Morgan fingerprint density at radius 3 is 2.62 bits per heavy atom. The van der Waals surface area contributed by atoms with Gasteiger partial charge in [-0.15, -0.1) is 0 Å². The highest BCUT2D eigenvalue weighted by molar-refractivity contribution is 8.27. The van der Waals surface area contributed by atoms with Gasteiger partial charge in [0.2, 0.25) is 0 Å². The van der Waals surface area contributed by atoms with Crippen molar-refractivity contribution in [3.8, 4) is 11.5 Å². The molecule has 0 unspecified atom stereocenters. The summed E-state index contributed by atoms with van der Waals surface area (Å²) in [4.78, 5) is 25.4. The number of methoxy groups -OCH3 is 1. The molecule has 10 heteroatoms. The number of thioether (sulfide) groups is 1. The van der Waals surface area contributed by atoms with Crippen LogP contribution in [-0.4, -0.2) is 22.3 Å². The second-order valence-electron chi connectivity index (χ2n) is 7.10. The number of thiocarbonyl (C=S) groups is 1. The van der Waals surface area contributed by atoms with E-state index in [-0.39, 0.29) is 23.2 Å². The second kappa shape index (κ2) is 10.3. The van der Waals surface area contributed by atoms with Crippen molar-refractivity contribution in [1.82, 2.24) is 0 Å². The largest absolute Gasteiger partial charge is 0.493 e. The van der Waals surface area contributed by atoms with Gasteiger partial charge in [-0.2, -0.15) is 0 Å². The lowest BCUT2D eigenvalue weighted by molar-refractivity contribution is -0.384. The summed E-state index contributed by atoms with van der Waals surface area (Å²) in [5.41, 5.74) is 1.93. The average molecular weight is 513 g/mol. The van der Waals surface area contributed by atoms with Crippen molar-refractivity contribution >= 4 is 63.3 Å². The van der Waals surface area contributed by atoms with Crippen LogP contribution in [0.15, 0.2) is 71.6 Å². The minimum Gasteiger partial charge on any atom is -0.493 e. The summed E-state index contributed by atoms with van der Waals surface area (Å²) < 4.78 is 11.7. The number of carbonyl (C=O) groups excluding carboxylic acids is 1. The molecule has 1 saturated heterocycles. The van der Waals surface area contributed by atoms with Crippen molar-refractivity contribution in [3.63, 3.8) is 0 Å². The summed E-state index contributed by atoms with van der Waals surface area (Å²) in [6.45, 7) is 0.0623. The SMILES string of the molecule is COc1cc(/C=C2/SC(=S)N(c3ccccc3)C2=O)cc(Cl)c1OCc1cccc([N+](=O)[O-])c1. The van der Waals surface area contributed by atoms with Gasteiger partial charge in [0.15, 0.2) is 15.8 Å². The molecule has 7 nitrogen and oxygen atoms in total. The predicted molar refractivity (Wildman–Crippen MR) is 138 cm³/mol.